The number of hydrogen-bond donors (Lipinski definition) is 0. The van der Waals surface area contributed by atoms with E-state index in [1.54, 1.807) is 0 Å². The number of benzene rings is 3. The molecule has 0 bridgehead atoms. The summed E-state index contributed by atoms with van der Waals surface area (Å²) in [6, 6.07) is 26.8. The Kier molecular flexibility index (Phi) is 4.53. The van der Waals surface area contributed by atoms with Crippen LogP contribution in [0.1, 0.15) is 12.0 Å². The number of hydrogen-bond acceptors (Lipinski definition) is 1. The van der Waals surface area contributed by atoms with Gasteiger partial charge in [0, 0.05) is 12.1 Å². The van der Waals surface area contributed by atoms with Crippen molar-refractivity contribution in [3.63, 3.8) is 0 Å². The second kappa shape index (κ2) is 7.12. The number of rotatable bonds is 5. The van der Waals surface area contributed by atoms with E-state index in [-0.39, 0.29) is 0 Å². The molecule has 2 nitrogen and oxygen atoms in total. The first-order chi connectivity index (χ1) is 12.3. The van der Waals surface area contributed by atoms with Gasteiger partial charge in [-0.25, -0.2) is 4.98 Å². The summed E-state index contributed by atoms with van der Waals surface area (Å²) in [7, 11) is 0. The first kappa shape index (κ1) is 15.9. The Bertz CT molecular complexity index is 989. The van der Waals surface area contributed by atoms with Gasteiger partial charge in [0.1, 0.15) is 5.82 Å². The van der Waals surface area contributed by atoms with E-state index in [9.17, 15) is 0 Å². The molecule has 4 aromatic rings. The molecule has 0 amide bonds. The molecule has 0 atom stereocenters. The lowest BCUT2D eigenvalue weighted by atomic mass is 10.1. The second-order valence-corrected chi connectivity index (χ2v) is 6.55. The smallest absolute Gasteiger partial charge is 0.142 e. The molecule has 0 radical (unpaired) electrons. The zero-order chi connectivity index (χ0) is 17.1. The largest absolute Gasteiger partial charge is 0.324 e. The number of fused-ring (bicyclic) bond motifs is 1. The van der Waals surface area contributed by atoms with Crippen molar-refractivity contribution in [1.29, 1.82) is 0 Å². The first-order valence-electron chi connectivity index (χ1n) is 8.57. The summed E-state index contributed by atoms with van der Waals surface area (Å²) in [4.78, 5) is 4.85. The molecule has 0 spiro atoms. The van der Waals surface area contributed by atoms with Gasteiger partial charge in [0.05, 0.1) is 16.1 Å². The zero-order valence-electron chi connectivity index (χ0n) is 13.9. The summed E-state index contributed by atoms with van der Waals surface area (Å²) in [6.07, 6.45) is 2.11. The molecule has 0 saturated heterocycles. The van der Waals surface area contributed by atoms with Crippen LogP contribution in [0.5, 0.6) is 0 Å². The Morgan fingerprint density at radius 1 is 0.800 bits per heavy atom. The van der Waals surface area contributed by atoms with E-state index in [1.807, 2.05) is 30.3 Å². The number of aromatic nitrogens is 2. The van der Waals surface area contributed by atoms with Gasteiger partial charge in [0.2, 0.25) is 0 Å². The number of halogens is 1. The van der Waals surface area contributed by atoms with E-state index in [4.69, 9.17) is 16.6 Å². The third kappa shape index (κ3) is 3.31. The molecule has 3 aromatic carbocycles. The van der Waals surface area contributed by atoms with E-state index in [0.717, 1.165) is 46.8 Å². The average Bonchev–Trinajstić information content (AvgIpc) is 3.02. The number of para-hydroxylation sites is 2. The molecule has 0 unspecified atom stereocenters. The highest BCUT2D eigenvalue weighted by atomic mass is 35.5. The number of nitrogens with zero attached hydrogens (tertiary/aromatic N) is 2. The molecular formula is C22H19ClN2. The van der Waals surface area contributed by atoms with Gasteiger partial charge in [-0.3, -0.25) is 0 Å². The molecule has 124 valence electrons. The highest BCUT2D eigenvalue weighted by Crippen LogP contribution is 2.30. The molecular weight excluding hydrogens is 328 g/mol. The minimum Gasteiger partial charge on any atom is -0.324 e. The lowest BCUT2D eigenvalue weighted by Gasteiger charge is -2.10. The Labute approximate surface area is 152 Å². The molecule has 0 aliphatic carbocycles. The van der Waals surface area contributed by atoms with Crippen LogP contribution in [0.15, 0.2) is 78.9 Å². The van der Waals surface area contributed by atoms with Crippen molar-refractivity contribution >= 4 is 22.6 Å². The fourth-order valence-electron chi connectivity index (χ4n) is 3.24. The molecule has 3 heteroatoms. The monoisotopic (exact) mass is 346 g/mol. The van der Waals surface area contributed by atoms with Crippen LogP contribution in [-0.2, 0) is 13.0 Å². The van der Waals surface area contributed by atoms with E-state index in [2.05, 4.69) is 53.1 Å². The first-order valence-corrected chi connectivity index (χ1v) is 8.95. The van der Waals surface area contributed by atoms with Crippen LogP contribution >= 0.6 is 11.6 Å². The maximum atomic E-state index is 6.43. The van der Waals surface area contributed by atoms with E-state index >= 15 is 0 Å². The van der Waals surface area contributed by atoms with Gasteiger partial charge >= 0.3 is 0 Å². The van der Waals surface area contributed by atoms with Crippen LogP contribution < -0.4 is 0 Å². The van der Waals surface area contributed by atoms with Crippen LogP contribution in [0.4, 0.5) is 0 Å². The third-order valence-electron chi connectivity index (χ3n) is 4.46. The summed E-state index contributed by atoms with van der Waals surface area (Å²) in [5, 5.41) is 0.738. The fourth-order valence-corrected chi connectivity index (χ4v) is 3.46. The van der Waals surface area contributed by atoms with Crippen molar-refractivity contribution < 1.29 is 0 Å². The summed E-state index contributed by atoms with van der Waals surface area (Å²) in [5.41, 5.74) is 4.52. The summed E-state index contributed by atoms with van der Waals surface area (Å²) in [5.74, 6) is 0.944. The topological polar surface area (TPSA) is 17.8 Å². The van der Waals surface area contributed by atoms with Gasteiger partial charge in [-0.15, -0.1) is 0 Å². The van der Waals surface area contributed by atoms with E-state index in [0.29, 0.717) is 0 Å². The van der Waals surface area contributed by atoms with Gasteiger partial charge in [0.25, 0.3) is 0 Å². The van der Waals surface area contributed by atoms with Gasteiger partial charge in [-0.1, -0.05) is 66.2 Å². The van der Waals surface area contributed by atoms with Crippen molar-refractivity contribution in [1.82, 2.24) is 9.55 Å². The van der Waals surface area contributed by atoms with Crippen molar-refractivity contribution in [2.24, 2.45) is 0 Å². The van der Waals surface area contributed by atoms with E-state index in [1.165, 1.54) is 5.56 Å². The Morgan fingerprint density at radius 2 is 1.52 bits per heavy atom. The Morgan fingerprint density at radius 3 is 2.36 bits per heavy atom. The third-order valence-corrected chi connectivity index (χ3v) is 4.79. The maximum absolute atomic E-state index is 6.43. The van der Waals surface area contributed by atoms with E-state index < -0.39 is 0 Å². The average molecular weight is 347 g/mol. The lowest BCUT2D eigenvalue weighted by Crippen LogP contribution is -2.02. The van der Waals surface area contributed by atoms with Crippen LogP contribution in [0, 0.1) is 0 Å². The summed E-state index contributed by atoms with van der Waals surface area (Å²) in [6.45, 7) is 0.913. The lowest BCUT2D eigenvalue weighted by molar-refractivity contribution is 0.663. The predicted octanol–water partition coefficient (Wildman–Crippen LogP) is 5.99. The van der Waals surface area contributed by atoms with Gasteiger partial charge < -0.3 is 4.57 Å². The molecule has 0 aliphatic rings. The maximum Gasteiger partial charge on any atom is 0.142 e. The highest BCUT2D eigenvalue weighted by molar-refractivity contribution is 6.33. The normalized spacial score (nSPS) is 11.1. The predicted molar refractivity (Wildman–Crippen MR) is 105 cm³/mol. The summed E-state index contributed by atoms with van der Waals surface area (Å²) < 4.78 is 2.29. The standard InChI is InChI=1S/C22H19ClN2/c23-19-13-5-4-12-18(19)22-24-20-14-6-7-15-21(20)25(22)16-8-11-17-9-2-1-3-10-17/h1-7,9-10,12-15H,8,11,16H2. The minimum atomic E-state index is 0.738. The van der Waals surface area contributed by atoms with Crippen LogP contribution in [-0.4, -0.2) is 9.55 Å². The number of aryl methyl sites for hydroxylation is 2. The van der Waals surface area contributed by atoms with Crippen molar-refractivity contribution in [2.75, 3.05) is 0 Å². The highest BCUT2D eigenvalue weighted by Gasteiger charge is 2.14. The zero-order valence-corrected chi connectivity index (χ0v) is 14.7. The fraction of sp³-hybridized carbons (Fsp3) is 0.136. The van der Waals surface area contributed by atoms with Crippen LogP contribution in [0.3, 0.4) is 0 Å². The van der Waals surface area contributed by atoms with Gasteiger partial charge in [-0.05, 0) is 42.7 Å². The minimum absolute atomic E-state index is 0.738. The van der Waals surface area contributed by atoms with Crippen LogP contribution in [0.2, 0.25) is 5.02 Å². The van der Waals surface area contributed by atoms with Crippen molar-refractivity contribution in [3.8, 4) is 11.4 Å². The quantitative estimate of drug-likeness (QED) is 0.434. The van der Waals surface area contributed by atoms with Crippen molar-refractivity contribution in [3.05, 3.63) is 89.4 Å². The van der Waals surface area contributed by atoms with Crippen molar-refractivity contribution in [2.45, 2.75) is 19.4 Å². The Balaban J connectivity index is 1.69. The molecule has 0 aliphatic heterocycles. The molecule has 4 rings (SSSR count). The Hall–Kier alpha value is -2.58. The molecule has 1 heterocycles. The molecule has 1 aromatic heterocycles. The summed E-state index contributed by atoms with van der Waals surface area (Å²) >= 11 is 6.43. The SMILES string of the molecule is Clc1ccccc1-c1nc2ccccc2n1CCCc1ccccc1. The van der Waals surface area contributed by atoms with Gasteiger partial charge in [0.15, 0.2) is 0 Å². The second-order valence-electron chi connectivity index (χ2n) is 6.14. The van der Waals surface area contributed by atoms with Gasteiger partial charge in [-0.2, -0.15) is 0 Å². The molecule has 25 heavy (non-hydrogen) atoms. The van der Waals surface area contributed by atoms with Crippen LogP contribution in [0.25, 0.3) is 22.4 Å². The molecule has 0 fully saturated rings. The number of imidazole rings is 1. The molecule has 0 saturated carbocycles. The molecule has 0 N–H and O–H groups in total.